The van der Waals surface area contributed by atoms with E-state index < -0.39 is 15.8 Å². The van der Waals surface area contributed by atoms with Gasteiger partial charge in [0.2, 0.25) is 10.0 Å². The van der Waals surface area contributed by atoms with E-state index in [0.29, 0.717) is 6.54 Å². The molecule has 0 aromatic heterocycles. The number of rotatable bonds is 5. The first-order valence-corrected chi connectivity index (χ1v) is 8.81. The van der Waals surface area contributed by atoms with Crippen LogP contribution in [0, 0.1) is 18.2 Å². The van der Waals surface area contributed by atoms with E-state index in [4.69, 9.17) is 4.74 Å². The highest BCUT2D eigenvalue weighted by Gasteiger charge is 2.29. The van der Waals surface area contributed by atoms with E-state index in [9.17, 15) is 12.8 Å². The van der Waals surface area contributed by atoms with Crippen LogP contribution in [0.15, 0.2) is 17.0 Å². The fourth-order valence-electron chi connectivity index (χ4n) is 2.65. The van der Waals surface area contributed by atoms with Crippen LogP contribution in [0.3, 0.4) is 0 Å². The molecule has 0 saturated carbocycles. The van der Waals surface area contributed by atoms with Gasteiger partial charge in [-0.25, -0.2) is 17.5 Å². The van der Waals surface area contributed by atoms with Crippen molar-refractivity contribution < 1.29 is 17.5 Å². The maximum Gasteiger partial charge on any atom is 0.240 e. The van der Waals surface area contributed by atoms with E-state index in [1.165, 1.54) is 26.2 Å². The number of halogens is 1. The molecule has 1 saturated heterocycles. The molecule has 1 heterocycles. The SMILES string of the molecule is COc1ccc(S(=O)(=O)NCC2(C)CCNCC2)c(C)c1F. The molecule has 0 radical (unpaired) electrons. The Morgan fingerprint density at radius 3 is 2.59 bits per heavy atom. The molecule has 1 aromatic carbocycles. The first-order chi connectivity index (χ1) is 10.3. The molecular weight excluding hydrogens is 307 g/mol. The summed E-state index contributed by atoms with van der Waals surface area (Å²) in [6.45, 7) is 5.63. The van der Waals surface area contributed by atoms with Crippen molar-refractivity contribution in [2.24, 2.45) is 5.41 Å². The van der Waals surface area contributed by atoms with Crippen LogP contribution >= 0.6 is 0 Å². The monoisotopic (exact) mass is 330 g/mol. The molecule has 22 heavy (non-hydrogen) atoms. The predicted molar refractivity (Wildman–Crippen MR) is 83.1 cm³/mol. The molecular formula is C15H23FN2O3S. The minimum absolute atomic E-state index is 0.0386. The largest absolute Gasteiger partial charge is 0.494 e. The smallest absolute Gasteiger partial charge is 0.240 e. The standard InChI is InChI=1S/C15H23FN2O3S/c1-11-13(5-4-12(21-3)14(11)16)22(19,20)18-10-15(2)6-8-17-9-7-15/h4-5,17-18H,6-10H2,1-3H3. The summed E-state index contributed by atoms with van der Waals surface area (Å²) in [5.41, 5.74) is -0.000596. The number of sulfonamides is 1. The summed E-state index contributed by atoms with van der Waals surface area (Å²) < 4.78 is 46.4. The highest BCUT2D eigenvalue weighted by molar-refractivity contribution is 7.89. The third-order valence-electron chi connectivity index (χ3n) is 4.31. The number of nitrogens with one attached hydrogen (secondary N) is 2. The van der Waals surface area contributed by atoms with Gasteiger partial charge in [0.15, 0.2) is 11.6 Å². The fourth-order valence-corrected chi connectivity index (χ4v) is 4.08. The molecule has 1 aliphatic heterocycles. The third kappa shape index (κ3) is 3.59. The lowest BCUT2D eigenvalue weighted by atomic mass is 9.81. The van der Waals surface area contributed by atoms with Gasteiger partial charge in [-0.1, -0.05) is 6.92 Å². The molecule has 0 aliphatic carbocycles. The second kappa shape index (κ2) is 6.52. The van der Waals surface area contributed by atoms with E-state index in [1.54, 1.807) is 0 Å². The van der Waals surface area contributed by atoms with Gasteiger partial charge in [-0.3, -0.25) is 0 Å². The quantitative estimate of drug-likeness (QED) is 0.864. The minimum atomic E-state index is -3.74. The van der Waals surface area contributed by atoms with Gasteiger partial charge in [-0.05, 0) is 50.4 Å². The van der Waals surface area contributed by atoms with Crippen LogP contribution in [0.4, 0.5) is 4.39 Å². The van der Waals surface area contributed by atoms with Gasteiger partial charge >= 0.3 is 0 Å². The summed E-state index contributed by atoms with van der Waals surface area (Å²) in [5.74, 6) is -0.597. The van der Waals surface area contributed by atoms with Crippen LogP contribution in [-0.4, -0.2) is 35.2 Å². The van der Waals surface area contributed by atoms with Gasteiger partial charge in [0, 0.05) is 12.1 Å². The van der Waals surface area contributed by atoms with Crippen LogP contribution < -0.4 is 14.8 Å². The van der Waals surface area contributed by atoms with Gasteiger partial charge in [0.1, 0.15) is 0 Å². The number of benzene rings is 1. The molecule has 7 heteroatoms. The van der Waals surface area contributed by atoms with Gasteiger partial charge in [-0.2, -0.15) is 0 Å². The van der Waals surface area contributed by atoms with E-state index in [1.807, 2.05) is 0 Å². The molecule has 2 N–H and O–H groups in total. The van der Waals surface area contributed by atoms with Crippen molar-refractivity contribution in [3.05, 3.63) is 23.5 Å². The Labute approximate surface area is 131 Å². The van der Waals surface area contributed by atoms with Crippen LogP contribution in [-0.2, 0) is 10.0 Å². The fraction of sp³-hybridized carbons (Fsp3) is 0.600. The average molecular weight is 330 g/mol. The zero-order chi connectivity index (χ0) is 16.4. The molecule has 0 amide bonds. The third-order valence-corrected chi connectivity index (χ3v) is 5.86. The summed E-state index contributed by atoms with van der Waals surface area (Å²) in [6.07, 6.45) is 1.82. The highest BCUT2D eigenvalue weighted by Crippen LogP contribution is 2.29. The topological polar surface area (TPSA) is 67.4 Å². The first kappa shape index (κ1) is 17.2. The van der Waals surface area contributed by atoms with Crippen molar-refractivity contribution in [1.82, 2.24) is 10.0 Å². The average Bonchev–Trinajstić information content (AvgIpc) is 2.49. The number of methoxy groups -OCH3 is 1. The lowest BCUT2D eigenvalue weighted by Gasteiger charge is -2.34. The molecule has 5 nitrogen and oxygen atoms in total. The number of hydrogen-bond donors (Lipinski definition) is 2. The van der Waals surface area contributed by atoms with Crippen molar-refractivity contribution in [2.45, 2.75) is 31.6 Å². The Kier molecular flexibility index (Phi) is 5.09. The van der Waals surface area contributed by atoms with Crippen molar-refractivity contribution in [3.8, 4) is 5.75 Å². The highest BCUT2D eigenvalue weighted by atomic mass is 32.2. The molecule has 0 spiro atoms. The van der Waals surface area contributed by atoms with Crippen molar-refractivity contribution in [1.29, 1.82) is 0 Å². The van der Waals surface area contributed by atoms with E-state index in [2.05, 4.69) is 17.0 Å². The van der Waals surface area contributed by atoms with E-state index in [0.717, 1.165) is 25.9 Å². The molecule has 2 rings (SSSR count). The van der Waals surface area contributed by atoms with Gasteiger partial charge in [0.25, 0.3) is 0 Å². The lowest BCUT2D eigenvalue weighted by molar-refractivity contribution is 0.232. The summed E-state index contributed by atoms with van der Waals surface area (Å²) >= 11 is 0. The van der Waals surface area contributed by atoms with Crippen molar-refractivity contribution >= 4 is 10.0 Å². The number of hydrogen-bond acceptors (Lipinski definition) is 4. The summed E-state index contributed by atoms with van der Waals surface area (Å²) in [5, 5.41) is 3.26. The second-order valence-electron chi connectivity index (χ2n) is 6.09. The van der Waals surface area contributed by atoms with Gasteiger partial charge < -0.3 is 10.1 Å². The summed E-state index contributed by atoms with van der Waals surface area (Å²) in [7, 11) is -2.39. The Hall–Kier alpha value is -1.18. The second-order valence-corrected chi connectivity index (χ2v) is 7.83. The van der Waals surface area contributed by atoms with E-state index >= 15 is 0 Å². The Bertz CT molecular complexity index is 640. The molecule has 0 unspecified atom stereocenters. The summed E-state index contributed by atoms with van der Waals surface area (Å²) in [6, 6.07) is 2.72. The maximum atomic E-state index is 14.0. The van der Waals surface area contributed by atoms with Crippen LogP contribution in [0.5, 0.6) is 5.75 Å². The number of piperidine rings is 1. The van der Waals surface area contributed by atoms with Crippen molar-refractivity contribution in [2.75, 3.05) is 26.7 Å². The molecule has 0 bridgehead atoms. The molecule has 124 valence electrons. The zero-order valence-electron chi connectivity index (χ0n) is 13.2. The maximum absolute atomic E-state index is 14.0. The van der Waals surface area contributed by atoms with Gasteiger partial charge in [-0.15, -0.1) is 0 Å². The van der Waals surface area contributed by atoms with Crippen molar-refractivity contribution in [3.63, 3.8) is 0 Å². The zero-order valence-corrected chi connectivity index (χ0v) is 14.0. The van der Waals surface area contributed by atoms with Crippen LogP contribution in [0.2, 0.25) is 0 Å². The molecule has 1 fully saturated rings. The Morgan fingerprint density at radius 2 is 2.00 bits per heavy atom. The Balaban J connectivity index is 2.18. The molecule has 0 atom stereocenters. The minimum Gasteiger partial charge on any atom is -0.494 e. The lowest BCUT2D eigenvalue weighted by Crippen LogP contribution is -2.43. The van der Waals surface area contributed by atoms with Crippen LogP contribution in [0.25, 0.3) is 0 Å². The Morgan fingerprint density at radius 1 is 1.36 bits per heavy atom. The van der Waals surface area contributed by atoms with E-state index in [-0.39, 0.29) is 21.6 Å². The van der Waals surface area contributed by atoms with Crippen LogP contribution in [0.1, 0.15) is 25.3 Å². The predicted octanol–water partition coefficient (Wildman–Crippen LogP) is 1.81. The number of ether oxygens (including phenoxy) is 1. The molecule has 1 aliphatic rings. The molecule has 1 aromatic rings. The van der Waals surface area contributed by atoms with Gasteiger partial charge in [0.05, 0.1) is 12.0 Å². The normalized spacial score (nSPS) is 18.2. The summed E-state index contributed by atoms with van der Waals surface area (Å²) in [4.78, 5) is -0.0386. The first-order valence-electron chi connectivity index (χ1n) is 7.32.